The van der Waals surface area contributed by atoms with Crippen molar-refractivity contribution < 1.29 is 9.90 Å². The highest BCUT2D eigenvalue weighted by molar-refractivity contribution is 6.34. The Morgan fingerprint density at radius 1 is 1.36 bits per heavy atom. The van der Waals surface area contributed by atoms with Gasteiger partial charge in [0.05, 0.1) is 5.56 Å². The second kappa shape index (κ2) is 3.48. The molecule has 0 saturated heterocycles. The Morgan fingerprint density at radius 3 is 2.36 bits per heavy atom. The monoisotopic (exact) mass is 190 g/mol. The molecule has 0 radical (unpaired) electrons. The fraction of sp³-hybridized carbons (Fsp3) is 0.364. The summed E-state index contributed by atoms with van der Waals surface area (Å²) in [6, 6.07) is 3.66. The molecule has 1 aromatic carbocycles. The molecule has 0 aliphatic carbocycles. The fourth-order valence-corrected chi connectivity index (χ4v) is 1.33. The van der Waals surface area contributed by atoms with Gasteiger partial charge in [-0.2, -0.15) is 0 Å². The lowest BCUT2D eigenvalue weighted by Crippen LogP contribution is -2.16. The van der Waals surface area contributed by atoms with Crippen LogP contribution in [0.4, 0.5) is 0 Å². The first-order valence-corrected chi connectivity index (χ1v) is 4.65. The van der Waals surface area contributed by atoms with Crippen LogP contribution in [-0.2, 0) is 5.41 Å². The van der Waals surface area contributed by atoms with Gasteiger partial charge < -0.3 is 5.11 Å². The van der Waals surface area contributed by atoms with E-state index in [2.05, 4.69) is 20.8 Å². The zero-order valence-corrected chi connectivity index (χ0v) is 9.09. The normalized spacial score (nSPS) is 11.4. The Bertz CT molecular complexity index is 364. The van der Waals surface area contributed by atoms with E-state index >= 15 is 0 Å². The van der Waals surface area contributed by atoms with Crippen LogP contribution in [-0.4, -0.2) is 19.2 Å². The smallest absolute Gasteiger partial charge is 0.153 e. The minimum absolute atomic E-state index is 0.00375. The number of benzene rings is 1. The van der Waals surface area contributed by atoms with E-state index in [0.29, 0.717) is 11.8 Å². The number of rotatable bonds is 1. The summed E-state index contributed by atoms with van der Waals surface area (Å²) in [5.74, 6) is 0.0907. The molecule has 0 heterocycles. The number of hydrogen-bond donors (Lipinski definition) is 1. The molecule has 14 heavy (non-hydrogen) atoms. The van der Waals surface area contributed by atoms with E-state index in [9.17, 15) is 9.90 Å². The lowest BCUT2D eigenvalue weighted by atomic mass is 9.81. The van der Waals surface area contributed by atoms with Gasteiger partial charge in [-0.05, 0) is 22.5 Å². The van der Waals surface area contributed by atoms with Gasteiger partial charge in [-0.1, -0.05) is 26.8 Å². The van der Waals surface area contributed by atoms with Crippen molar-refractivity contribution in [1.29, 1.82) is 0 Å². The van der Waals surface area contributed by atoms with Crippen LogP contribution in [0, 0.1) is 0 Å². The summed E-state index contributed by atoms with van der Waals surface area (Å²) in [7, 11) is 1.80. The van der Waals surface area contributed by atoms with Gasteiger partial charge in [0.1, 0.15) is 13.6 Å². The van der Waals surface area contributed by atoms with Crippen molar-refractivity contribution in [2.24, 2.45) is 0 Å². The number of phenolic OH excluding ortho intramolecular Hbond substituents is 1. The molecule has 1 rings (SSSR count). The van der Waals surface area contributed by atoms with Gasteiger partial charge >= 0.3 is 0 Å². The highest BCUT2D eigenvalue weighted by Gasteiger charge is 2.16. The SMILES string of the molecule is Bc1cc(C(C)(C)C)cc(C=O)c1O. The van der Waals surface area contributed by atoms with Gasteiger partial charge in [0, 0.05) is 0 Å². The van der Waals surface area contributed by atoms with Crippen molar-refractivity contribution in [2.75, 3.05) is 0 Å². The zero-order valence-electron chi connectivity index (χ0n) is 9.09. The van der Waals surface area contributed by atoms with Gasteiger partial charge in [-0.3, -0.25) is 4.79 Å². The third-order valence-electron chi connectivity index (χ3n) is 2.32. The highest BCUT2D eigenvalue weighted by atomic mass is 16.3. The van der Waals surface area contributed by atoms with Crippen LogP contribution in [0.1, 0.15) is 36.7 Å². The number of hydrogen-bond acceptors (Lipinski definition) is 2. The van der Waals surface area contributed by atoms with E-state index in [0.717, 1.165) is 11.0 Å². The molecule has 3 heteroatoms. The standard InChI is InChI=1S/C11H15BO2/c1-11(2,3)8-4-7(6-13)10(14)9(12)5-8/h4-6,14H,12H2,1-3H3. The Hall–Kier alpha value is -1.25. The summed E-state index contributed by atoms with van der Waals surface area (Å²) >= 11 is 0. The van der Waals surface area contributed by atoms with Crippen molar-refractivity contribution in [3.8, 4) is 5.75 Å². The first kappa shape index (κ1) is 10.8. The minimum atomic E-state index is -0.00375. The number of phenols is 1. The molecule has 0 saturated carbocycles. The lowest BCUT2D eigenvalue weighted by Gasteiger charge is -2.20. The number of aromatic hydroxyl groups is 1. The maximum Gasteiger partial charge on any atom is 0.153 e. The van der Waals surface area contributed by atoms with Gasteiger partial charge in [0.15, 0.2) is 6.29 Å². The Morgan fingerprint density at radius 2 is 1.93 bits per heavy atom. The zero-order chi connectivity index (χ0) is 10.9. The predicted octanol–water partition coefficient (Wildman–Crippen LogP) is 0.761. The maximum absolute atomic E-state index is 10.7. The second-order valence-electron chi connectivity index (χ2n) is 4.60. The van der Waals surface area contributed by atoms with Crippen molar-refractivity contribution in [1.82, 2.24) is 0 Å². The molecule has 0 unspecified atom stereocenters. The van der Waals surface area contributed by atoms with Crippen LogP contribution in [0.15, 0.2) is 12.1 Å². The van der Waals surface area contributed by atoms with E-state index in [-0.39, 0.29) is 11.2 Å². The number of carbonyl (C=O) groups is 1. The Balaban J connectivity index is 3.37. The molecule has 0 spiro atoms. The highest BCUT2D eigenvalue weighted by Crippen LogP contribution is 2.24. The largest absolute Gasteiger partial charge is 0.508 e. The molecule has 0 aliphatic rings. The van der Waals surface area contributed by atoms with Crippen molar-refractivity contribution in [3.05, 3.63) is 23.3 Å². The molecule has 0 atom stereocenters. The van der Waals surface area contributed by atoms with Gasteiger partial charge in [0.25, 0.3) is 0 Å². The second-order valence-corrected chi connectivity index (χ2v) is 4.60. The Kier molecular flexibility index (Phi) is 2.70. The van der Waals surface area contributed by atoms with E-state index in [4.69, 9.17) is 0 Å². The molecule has 2 nitrogen and oxygen atoms in total. The van der Waals surface area contributed by atoms with Crippen molar-refractivity contribution in [3.63, 3.8) is 0 Å². The number of aldehydes is 1. The van der Waals surface area contributed by atoms with E-state index in [1.165, 1.54) is 0 Å². The first-order chi connectivity index (χ1) is 6.36. The topological polar surface area (TPSA) is 37.3 Å². The molecule has 0 bridgehead atoms. The summed E-state index contributed by atoms with van der Waals surface area (Å²) in [5, 5.41) is 9.56. The van der Waals surface area contributed by atoms with E-state index in [1.54, 1.807) is 13.9 Å². The van der Waals surface area contributed by atoms with Crippen molar-refractivity contribution in [2.45, 2.75) is 26.2 Å². The quantitative estimate of drug-likeness (QED) is 0.524. The maximum atomic E-state index is 10.7. The summed E-state index contributed by atoms with van der Waals surface area (Å²) in [4.78, 5) is 10.7. The third-order valence-corrected chi connectivity index (χ3v) is 2.32. The minimum Gasteiger partial charge on any atom is -0.508 e. The molecule has 0 aliphatic heterocycles. The summed E-state index contributed by atoms with van der Waals surface area (Å²) in [5.41, 5.74) is 2.18. The van der Waals surface area contributed by atoms with Gasteiger partial charge in [-0.25, -0.2) is 0 Å². The van der Waals surface area contributed by atoms with Crippen LogP contribution in [0.25, 0.3) is 0 Å². The number of carbonyl (C=O) groups excluding carboxylic acids is 1. The fourth-order valence-electron chi connectivity index (χ4n) is 1.33. The van der Waals surface area contributed by atoms with E-state index < -0.39 is 0 Å². The first-order valence-electron chi connectivity index (χ1n) is 4.65. The average molecular weight is 190 g/mol. The summed E-state index contributed by atoms with van der Waals surface area (Å²) < 4.78 is 0. The molecule has 0 aromatic heterocycles. The van der Waals surface area contributed by atoms with Gasteiger partial charge in [0.2, 0.25) is 0 Å². The Labute approximate surface area is 85.4 Å². The van der Waals surface area contributed by atoms with Crippen LogP contribution >= 0.6 is 0 Å². The molecule has 0 amide bonds. The van der Waals surface area contributed by atoms with Crippen LogP contribution in [0.2, 0.25) is 0 Å². The molecule has 1 N–H and O–H groups in total. The third kappa shape index (κ3) is 1.98. The van der Waals surface area contributed by atoms with Crippen molar-refractivity contribution >= 4 is 19.6 Å². The van der Waals surface area contributed by atoms with E-state index in [1.807, 2.05) is 6.07 Å². The molecule has 74 valence electrons. The van der Waals surface area contributed by atoms with Crippen LogP contribution in [0.3, 0.4) is 0 Å². The van der Waals surface area contributed by atoms with Crippen LogP contribution in [0.5, 0.6) is 5.75 Å². The predicted molar refractivity (Wildman–Crippen MR) is 60.4 cm³/mol. The lowest BCUT2D eigenvalue weighted by molar-refractivity contribution is 0.112. The van der Waals surface area contributed by atoms with Crippen LogP contribution < -0.4 is 5.46 Å². The van der Waals surface area contributed by atoms with Gasteiger partial charge in [-0.15, -0.1) is 0 Å². The molecular weight excluding hydrogens is 175 g/mol. The summed E-state index contributed by atoms with van der Waals surface area (Å²) in [6.07, 6.45) is 0.692. The molecule has 1 aromatic rings. The molecule has 0 fully saturated rings. The summed E-state index contributed by atoms with van der Waals surface area (Å²) in [6.45, 7) is 6.23. The molecular formula is C11H15BO2. The average Bonchev–Trinajstić information content (AvgIpc) is 2.07.